The highest BCUT2D eigenvalue weighted by molar-refractivity contribution is 5.98. The van der Waals surface area contributed by atoms with E-state index in [2.05, 4.69) is 0 Å². The zero-order valence-corrected chi connectivity index (χ0v) is 15.4. The van der Waals surface area contributed by atoms with Crippen molar-refractivity contribution in [3.8, 4) is 0 Å². The molecule has 2 aromatic rings. The van der Waals surface area contributed by atoms with Crippen molar-refractivity contribution in [3.05, 3.63) is 71.3 Å². The standard InChI is InChI=1S/C20H20F2N2O2.ClH/c21-16-7-6-14(10-17(16)22)19(25)8-9-20(26)24-11-15(18(23)12-24)13-4-2-1-3-5-13;/h1-7,10,15,18H,8-9,11-12,23H2;1H/t15-,18+;/m0./s1. The van der Waals surface area contributed by atoms with Crippen molar-refractivity contribution in [1.29, 1.82) is 0 Å². The molecule has 0 spiro atoms. The number of likely N-dealkylation sites (tertiary alicyclic amines) is 1. The first-order chi connectivity index (χ1) is 12.5. The number of rotatable bonds is 5. The number of hydrogen-bond donors (Lipinski definition) is 1. The molecule has 0 saturated carbocycles. The molecule has 0 bridgehead atoms. The van der Waals surface area contributed by atoms with E-state index in [1.54, 1.807) is 4.90 Å². The fourth-order valence-corrected chi connectivity index (χ4v) is 3.28. The Hall–Kier alpha value is -2.31. The van der Waals surface area contributed by atoms with Crippen LogP contribution in [0.4, 0.5) is 8.78 Å². The first-order valence-corrected chi connectivity index (χ1v) is 8.52. The first kappa shape index (κ1) is 21.0. The second kappa shape index (κ2) is 9.06. The van der Waals surface area contributed by atoms with Gasteiger partial charge in [0.1, 0.15) is 0 Å². The van der Waals surface area contributed by atoms with E-state index in [0.29, 0.717) is 13.1 Å². The van der Waals surface area contributed by atoms with Crippen LogP contribution in [0.1, 0.15) is 34.7 Å². The monoisotopic (exact) mass is 394 g/mol. The average molecular weight is 395 g/mol. The maximum atomic E-state index is 13.2. The lowest BCUT2D eigenvalue weighted by Gasteiger charge is -2.16. The van der Waals surface area contributed by atoms with Crippen LogP contribution in [0.25, 0.3) is 0 Å². The van der Waals surface area contributed by atoms with E-state index in [1.165, 1.54) is 6.07 Å². The summed E-state index contributed by atoms with van der Waals surface area (Å²) in [5, 5.41) is 0. The Labute approximate surface area is 162 Å². The van der Waals surface area contributed by atoms with E-state index in [1.807, 2.05) is 30.3 Å². The van der Waals surface area contributed by atoms with Crippen molar-refractivity contribution < 1.29 is 18.4 Å². The molecule has 2 aromatic carbocycles. The summed E-state index contributed by atoms with van der Waals surface area (Å²) in [4.78, 5) is 26.2. The summed E-state index contributed by atoms with van der Waals surface area (Å²) in [6, 6.07) is 12.6. The quantitative estimate of drug-likeness (QED) is 0.791. The van der Waals surface area contributed by atoms with Crippen LogP contribution in [0, 0.1) is 11.6 Å². The SMILES string of the molecule is Cl.N[C@@H]1CN(C(=O)CCC(=O)c2ccc(F)c(F)c2)C[C@H]1c1ccccc1. The molecular weight excluding hydrogens is 374 g/mol. The molecular formula is C20H21ClF2N2O2. The maximum absolute atomic E-state index is 13.2. The Morgan fingerprint density at radius 2 is 1.70 bits per heavy atom. The van der Waals surface area contributed by atoms with Crippen molar-refractivity contribution >= 4 is 24.1 Å². The van der Waals surface area contributed by atoms with Crippen LogP contribution in [0.5, 0.6) is 0 Å². The molecule has 2 N–H and O–H groups in total. The fourth-order valence-electron chi connectivity index (χ4n) is 3.28. The van der Waals surface area contributed by atoms with E-state index in [0.717, 1.165) is 17.7 Å². The van der Waals surface area contributed by atoms with Gasteiger partial charge in [0.2, 0.25) is 5.91 Å². The molecule has 1 amide bonds. The normalized spacial score (nSPS) is 18.9. The van der Waals surface area contributed by atoms with Gasteiger partial charge in [0.15, 0.2) is 17.4 Å². The number of nitrogens with two attached hydrogens (primary N) is 1. The zero-order chi connectivity index (χ0) is 18.7. The van der Waals surface area contributed by atoms with Crippen molar-refractivity contribution in [2.45, 2.75) is 24.8 Å². The van der Waals surface area contributed by atoms with Gasteiger partial charge >= 0.3 is 0 Å². The Bertz CT molecular complexity index is 817. The van der Waals surface area contributed by atoms with Gasteiger partial charge < -0.3 is 10.6 Å². The molecule has 27 heavy (non-hydrogen) atoms. The lowest BCUT2D eigenvalue weighted by molar-refractivity contribution is -0.130. The molecule has 0 aromatic heterocycles. The number of benzene rings is 2. The van der Waals surface area contributed by atoms with Gasteiger partial charge in [-0.1, -0.05) is 30.3 Å². The molecule has 2 atom stereocenters. The summed E-state index contributed by atoms with van der Waals surface area (Å²) >= 11 is 0. The first-order valence-electron chi connectivity index (χ1n) is 8.52. The molecule has 0 radical (unpaired) electrons. The van der Waals surface area contributed by atoms with E-state index in [9.17, 15) is 18.4 Å². The van der Waals surface area contributed by atoms with Crippen molar-refractivity contribution in [1.82, 2.24) is 4.90 Å². The van der Waals surface area contributed by atoms with Crippen LogP contribution in [0.2, 0.25) is 0 Å². The van der Waals surface area contributed by atoms with E-state index >= 15 is 0 Å². The maximum Gasteiger partial charge on any atom is 0.223 e. The highest BCUT2D eigenvalue weighted by Gasteiger charge is 2.33. The number of carbonyl (C=O) groups excluding carboxylic acids is 2. The zero-order valence-electron chi connectivity index (χ0n) is 14.6. The molecule has 1 fully saturated rings. The Kier molecular flexibility index (Phi) is 7.05. The van der Waals surface area contributed by atoms with E-state index < -0.39 is 11.6 Å². The highest BCUT2D eigenvalue weighted by atomic mass is 35.5. The third-order valence-corrected chi connectivity index (χ3v) is 4.75. The molecule has 4 nitrogen and oxygen atoms in total. The van der Waals surface area contributed by atoms with Gasteiger partial charge in [-0.3, -0.25) is 9.59 Å². The van der Waals surface area contributed by atoms with Crippen molar-refractivity contribution in [2.24, 2.45) is 5.73 Å². The van der Waals surface area contributed by atoms with Crippen LogP contribution in [-0.2, 0) is 4.79 Å². The van der Waals surface area contributed by atoms with Crippen LogP contribution in [0.3, 0.4) is 0 Å². The third kappa shape index (κ3) is 4.90. The van der Waals surface area contributed by atoms with Gasteiger partial charge in [0.05, 0.1) is 0 Å². The molecule has 1 aliphatic rings. The molecule has 1 aliphatic heterocycles. The summed E-state index contributed by atoms with van der Waals surface area (Å²) in [7, 11) is 0. The lowest BCUT2D eigenvalue weighted by Crippen LogP contribution is -2.32. The minimum atomic E-state index is -1.07. The predicted molar refractivity (Wildman–Crippen MR) is 101 cm³/mol. The second-order valence-electron chi connectivity index (χ2n) is 6.53. The molecule has 1 heterocycles. The Morgan fingerprint density at radius 1 is 1.00 bits per heavy atom. The highest BCUT2D eigenvalue weighted by Crippen LogP contribution is 2.27. The van der Waals surface area contributed by atoms with Gasteiger partial charge in [-0.15, -0.1) is 12.4 Å². The van der Waals surface area contributed by atoms with Gasteiger partial charge in [-0.2, -0.15) is 0 Å². The Balaban J connectivity index is 0.00000261. The summed E-state index contributed by atoms with van der Waals surface area (Å²) < 4.78 is 26.2. The predicted octanol–water partition coefficient (Wildman–Crippen LogP) is 3.30. The Morgan fingerprint density at radius 3 is 2.37 bits per heavy atom. The third-order valence-electron chi connectivity index (χ3n) is 4.75. The molecule has 7 heteroatoms. The minimum Gasteiger partial charge on any atom is -0.340 e. The van der Waals surface area contributed by atoms with Crippen molar-refractivity contribution in [3.63, 3.8) is 0 Å². The van der Waals surface area contributed by atoms with Gasteiger partial charge in [-0.25, -0.2) is 8.78 Å². The summed E-state index contributed by atoms with van der Waals surface area (Å²) in [6.07, 6.45) is -0.0301. The second-order valence-corrected chi connectivity index (χ2v) is 6.53. The number of hydrogen-bond acceptors (Lipinski definition) is 3. The topological polar surface area (TPSA) is 63.4 Å². The lowest BCUT2D eigenvalue weighted by atomic mass is 9.95. The fraction of sp³-hybridized carbons (Fsp3) is 0.300. The largest absolute Gasteiger partial charge is 0.340 e. The number of Topliss-reactive ketones (excluding diaryl/α,β-unsaturated/α-hetero) is 1. The molecule has 3 rings (SSSR count). The smallest absolute Gasteiger partial charge is 0.223 e. The molecule has 0 aliphatic carbocycles. The summed E-state index contributed by atoms with van der Waals surface area (Å²) in [6.45, 7) is 0.959. The molecule has 0 unspecified atom stereocenters. The number of nitrogens with zero attached hydrogens (tertiary/aromatic N) is 1. The van der Waals surface area contributed by atoms with Crippen LogP contribution >= 0.6 is 12.4 Å². The molecule has 1 saturated heterocycles. The summed E-state index contributed by atoms with van der Waals surface area (Å²) in [5.41, 5.74) is 7.34. The van der Waals surface area contributed by atoms with Gasteiger partial charge in [0, 0.05) is 43.5 Å². The van der Waals surface area contributed by atoms with E-state index in [4.69, 9.17) is 5.73 Å². The number of halogens is 3. The van der Waals surface area contributed by atoms with Crippen LogP contribution in [0.15, 0.2) is 48.5 Å². The van der Waals surface area contributed by atoms with E-state index in [-0.39, 0.29) is 54.5 Å². The van der Waals surface area contributed by atoms with Crippen LogP contribution in [-0.4, -0.2) is 35.7 Å². The number of ketones is 1. The van der Waals surface area contributed by atoms with Gasteiger partial charge in [-0.05, 0) is 23.8 Å². The number of amides is 1. The number of carbonyl (C=O) groups is 2. The summed E-state index contributed by atoms with van der Waals surface area (Å²) in [5.74, 6) is -2.55. The molecule has 144 valence electrons. The van der Waals surface area contributed by atoms with Crippen LogP contribution < -0.4 is 5.73 Å². The van der Waals surface area contributed by atoms with Crippen molar-refractivity contribution in [2.75, 3.05) is 13.1 Å². The van der Waals surface area contributed by atoms with Gasteiger partial charge in [0.25, 0.3) is 0 Å². The minimum absolute atomic E-state index is 0. The average Bonchev–Trinajstić information content (AvgIpc) is 3.04.